The lowest BCUT2D eigenvalue weighted by atomic mass is 10.1. The van der Waals surface area contributed by atoms with Crippen LogP contribution in [-0.2, 0) is 4.74 Å². The zero-order valence-corrected chi connectivity index (χ0v) is 15.1. The maximum absolute atomic E-state index is 14.4. The summed E-state index contributed by atoms with van der Waals surface area (Å²) in [6.07, 6.45) is -0.125. The van der Waals surface area contributed by atoms with E-state index < -0.39 is 22.4 Å². The number of aliphatic hydroxyl groups excluding tert-OH is 1. The third kappa shape index (κ3) is 4.81. The highest BCUT2D eigenvalue weighted by atomic mass is 19.1. The molecular formula is C17H24FN3O5. The van der Waals surface area contributed by atoms with Gasteiger partial charge >= 0.3 is 6.09 Å². The Balaban J connectivity index is 2.18. The summed E-state index contributed by atoms with van der Waals surface area (Å²) in [6.45, 7) is 6.13. The number of anilines is 1. The van der Waals surface area contributed by atoms with Crippen LogP contribution in [0.15, 0.2) is 18.2 Å². The highest BCUT2D eigenvalue weighted by Gasteiger charge is 2.33. The lowest BCUT2D eigenvalue weighted by Crippen LogP contribution is -2.56. The topological polar surface area (TPSA) is 96.2 Å². The average Bonchev–Trinajstić information content (AvgIpc) is 2.53. The Labute approximate surface area is 151 Å². The number of hydrogen-bond acceptors (Lipinski definition) is 6. The quantitative estimate of drug-likeness (QED) is 0.647. The molecule has 26 heavy (non-hydrogen) atoms. The molecule has 0 radical (unpaired) electrons. The van der Waals surface area contributed by atoms with Crippen molar-refractivity contribution in [3.05, 3.63) is 34.1 Å². The van der Waals surface area contributed by atoms with Crippen LogP contribution in [0.4, 0.5) is 20.6 Å². The largest absolute Gasteiger partial charge is 0.444 e. The van der Waals surface area contributed by atoms with Crippen LogP contribution >= 0.6 is 0 Å². The summed E-state index contributed by atoms with van der Waals surface area (Å²) in [6, 6.07) is 3.17. The molecule has 144 valence electrons. The van der Waals surface area contributed by atoms with Crippen molar-refractivity contribution in [2.45, 2.75) is 38.8 Å². The standard InChI is InChI=1S/C17H24FN3O5/c1-17(2,3)26-16(23)19-7-8-20(13(11-19)6-9-22)15-5-4-12(21(24)25)10-14(15)18/h4-5,10,13,22H,6-9,11H2,1-3H3/t13-/m0/s1. The molecule has 0 spiro atoms. The van der Waals surface area contributed by atoms with E-state index in [2.05, 4.69) is 0 Å². The van der Waals surface area contributed by atoms with Gasteiger partial charge in [0.1, 0.15) is 5.60 Å². The Morgan fingerprint density at radius 1 is 1.42 bits per heavy atom. The van der Waals surface area contributed by atoms with E-state index in [9.17, 15) is 24.4 Å². The first-order valence-electron chi connectivity index (χ1n) is 8.41. The second-order valence-electron chi connectivity index (χ2n) is 7.18. The van der Waals surface area contributed by atoms with E-state index in [0.29, 0.717) is 19.5 Å². The molecule has 1 aliphatic rings. The minimum absolute atomic E-state index is 0.127. The van der Waals surface area contributed by atoms with Crippen LogP contribution in [0.1, 0.15) is 27.2 Å². The fourth-order valence-corrected chi connectivity index (χ4v) is 2.90. The van der Waals surface area contributed by atoms with Gasteiger partial charge in [0.15, 0.2) is 5.82 Å². The van der Waals surface area contributed by atoms with Gasteiger partial charge in [0, 0.05) is 38.3 Å². The van der Waals surface area contributed by atoms with Crippen molar-refractivity contribution < 1.29 is 24.0 Å². The summed E-state index contributed by atoms with van der Waals surface area (Å²) in [4.78, 5) is 25.7. The highest BCUT2D eigenvalue weighted by Crippen LogP contribution is 2.28. The molecule has 2 rings (SSSR count). The van der Waals surface area contributed by atoms with Crippen LogP contribution in [0.5, 0.6) is 0 Å². The van der Waals surface area contributed by atoms with Gasteiger partial charge in [-0.15, -0.1) is 0 Å². The molecule has 1 aromatic carbocycles. The first kappa shape index (κ1) is 19.9. The van der Waals surface area contributed by atoms with Gasteiger partial charge in [-0.1, -0.05) is 0 Å². The van der Waals surface area contributed by atoms with E-state index in [1.807, 2.05) is 0 Å². The minimum Gasteiger partial charge on any atom is -0.444 e. The molecule has 0 aliphatic carbocycles. The van der Waals surface area contributed by atoms with Crippen LogP contribution in [0.2, 0.25) is 0 Å². The number of hydrogen-bond donors (Lipinski definition) is 1. The number of carbonyl (C=O) groups is 1. The zero-order chi connectivity index (χ0) is 19.5. The van der Waals surface area contributed by atoms with Crippen molar-refractivity contribution in [1.82, 2.24) is 4.90 Å². The summed E-state index contributed by atoms with van der Waals surface area (Å²) in [5.41, 5.74) is -0.722. The molecule has 0 saturated carbocycles. The van der Waals surface area contributed by atoms with Crippen LogP contribution in [0, 0.1) is 15.9 Å². The number of ether oxygens (including phenoxy) is 1. The van der Waals surface area contributed by atoms with Gasteiger partial charge in [-0.25, -0.2) is 9.18 Å². The number of carbonyl (C=O) groups excluding carboxylic acids is 1. The molecule has 1 N–H and O–H groups in total. The van der Waals surface area contributed by atoms with Gasteiger partial charge in [0.05, 0.1) is 16.7 Å². The molecular weight excluding hydrogens is 345 g/mol. The first-order chi connectivity index (χ1) is 12.1. The molecule has 0 bridgehead atoms. The number of nitrogens with zero attached hydrogens (tertiary/aromatic N) is 3. The number of nitro benzene ring substituents is 1. The van der Waals surface area contributed by atoms with Gasteiger partial charge in [-0.3, -0.25) is 10.1 Å². The van der Waals surface area contributed by atoms with Gasteiger partial charge in [-0.2, -0.15) is 0 Å². The number of halogens is 1. The Morgan fingerprint density at radius 3 is 2.65 bits per heavy atom. The molecule has 1 saturated heterocycles. The smallest absolute Gasteiger partial charge is 0.410 e. The van der Waals surface area contributed by atoms with Crippen LogP contribution < -0.4 is 4.90 Å². The lowest BCUT2D eigenvalue weighted by Gasteiger charge is -2.42. The monoisotopic (exact) mass is 369 g/mol. The molecule has 8 nitrogen and oxygen atoms in total. The zero-order valence-electron chi connectivity index (χ0n) is 15.1. The Bertz CT molecular complexity index is 677. The van der Waals surface area contributed by atoms with Gasteiger partial charge in [-0.05, 0) is 33.3 Å². The molecule has 1 atom stereocenters. The van der Waals surface area contributed by atoms with E-state index in [1.54, 1.807) is 25.7 Å². The fraction of sp³-hybridized carbons (Fsp3) is 0.588. The van der Waals surface area contributed by atoms with Crippen molar-refractivity contribution in [1.29, 1.82) is 0 Å². The molecule has 1 amide bonds. The van der Waals surface area contributed by atoms with Gasteiger partial charge < -0.3 is 19.6 Å². The molecule has 9 heteroatoms. The summed E-state index contributed by atoms with van der Waals surface area (Å²) < 4.78 is 19.7. The minimum atomic E-state index is -0.701. The second kappa shape index (κ2) is 7.86. The van der Waals surface area contributed by atoms with Crippen molar-refractivity contribution in [2.24, 2.45) is 0 Å². The number of aliphatic hydroxyl groups is 1. The fourth-order valence-electron chi connectivity index (χ4n) is 2.90. The third-order valence-electron chi connectivity index (χ3n) is 4.05. The Morgan fingerprint density at radius 2 is 2.12 bits per heavy atom. The van der Waals surface area contributed by atoms with Crippen LogP contribution in [0.3, 0.4) is 0 Å². The maximum atomic E-state index is 14.4. The lowest BCUT2D eigenvalue weighted by molar-refractivity contribution is -0.385. The normalized spacial score (nSPS) is 18.0. The maximum Gasteiger partial charge on any atom is 0.410 e. The molecule has 1 aliphatic heterocycles. The SMILES string of the molecule is CC(C)(C)OC(=O)N1CCN(c2ccc([N+](=O)[O-])cc2F)[C@@H](CCO)C1. The number of non-ortho nitro benzene ring substituents is 1. The van der Waals surface area contributed by atoms with Crippen LogP contribution in [-0.4, -0.2) is 58.9 Å². The molecule has 1 heterocycles. The van der Waals surface area contributed by atoms with E-state index in [1.165, 1.54) is 17.0 Å². The van der Waals surface area contributed by atoms with E-state index in [-0.39, 0.29) is 30.6 Å². The average molecular weight is 369 g/mol. The van der Waals surface area contributed by atoms with Crippen LogP contribution in [0.25, 0.3) is 0 Å². The first-order valence-corrected chi connectivity index (χ1v) is 8.41. The molecule has 1 fully saturated rings. The number of amides is 1. The van der Waals surface area contributed by atoms with Crippen molar-refractivity contribution in [3.8, 4) is 0 Å². The summed E-state index contributed by atoms with van der Waals surface area (Å²) >= 11 is 0. The number of piperazine rings is 1. The summed E-state index contributed by atoms with van der Waals surface area (Å²) in [7, 11) is 0. The number of nitro groups is 1. The van der Waals surface area contributed by atoms with Crippen molar-refractivity contribution >= 4 is 17.5 Å². The third-order valence-corrected chi connectivity index (χ3v) is 4.05. The Hall–Kier alpha value is -2.42. The highest BCUT2D eigenvalue weighted by molar-refractivity contribution is 5.69. The second-order valence-corrected chi connectivity index (χ2v) is 7.18. The van der Waals surface area contributed by atoms with E-state index >= 15 is 0 Å². The van der Waals surface area contributed by atoms with Crippen molar-refractivity contribution in [2.75, 3.05) is 31.1 Å². The summed E-state index contributed by atoms with van der Waals surface area (Å²) in [5.74, 6) is -0.701. The molecule has 0 aromatic heterocycles. The number of benzene rings is 1. The van der Waals surface area contributed by atoms with Crippen molar-refractivity contribution in [3.63, 3.8) is 0 Å². The van der Waals surface area contributed by atoms with E-state index in [0.717, 1.165) is 6.07 Å². The molecule has 1 aromatic rings. The molecule has 0 unspecified atom stereocenters. The van der Waals surface area contributed by atoms with E-state index in [4.69, 9.17) is 4.74 Å². The van der Waals surface area contributed by atoms with Gasteiger partial charge in [0.2, 0.25) is 0 Å². The summed E-state index contributed by atoms with van der Waals surface area (Å²) in [5, 5.41) is 20.1. The predicted molar refractivity (Wildman–Crippen MR) is 93.7 cm³/mol. The number of rotatable bonds is 4. The Kier molecular flexibility index (Phi) is 6.01. The van der Waals surface area contributed by atoms with Gasteiger partial charge in [0.25, 0.3) is 5.69 Å². The predicted octanol–water partition coefficient (Wildman–Crippen LogP) is 2.54.